The smallest absolute Gasteiger partial charge is 0.221 e. The number of hydrogen-bond donors (Lipinski definition) is 0. The highest BCUT2D eigenvalue weighted by atomic mass is 16.5. The summed E-state index contributed by atoms with van der Waals surface area (Å²) in [6.45, 7) is 2.67. The summed E-state index contributed by atoms with van der Waals surface area (Å²) in [6.07, 6.45) is 1.83. The highest BCUT2D eigenvalue weighted by Gasteiger charge is 2.06. The van der Waals surface area contributed by atoms with Crippen molar-refractivity contribution in [3.05, 3.63) is 35.5 Å². The second-order valence-electron chi connectivity index (χ2n) is 3.76. The van der Waals surface area contributed by atoms with E-state index >= 15 is 0 Å². The van der Waals surface area contributed by atoms with Gasteiger partial charge in [0, 0.05) is 18.7 Å². The van der Waals surface area contributed by atoms with Crippen molar-refractivity contribution >= 4 is 10.8 Å². The molecule has 3 heteroatoms. The van der Waals surface area contributed by atoms with E-state index in [4.69, 9.17) is 9.47 Å². The molecule has 2 rings (SSSR count). The van der Waals surface area contributed by atoms with Gasteiger partial charge < -0.3 is 9.47 Å². The molecule has 1 aromatic carbocycles. The van der Waals surface area contributed by atoms with Crippen LogP contribution in [-0.2, 0) is 11.3 Å². The third-order valence-corrected chi connectivity index (χ3v) is 2.62. The van der Waals surface area contributed by atoms with Gasteiger partial charge >= 0.3 is 0 Å². The van der Waals surface area contributed by atoms with Crippen molar-refractivity contribution in [3.63, 3.8) is 0 Å². The number of hydrogen-bond acceptors (Lipinski definition) is 3. The van der Waals surface area contributed by atoms with Gasteiger partial charge in [-0.2, -0.15) is 0 Å². The Labute approximate surface area is 95.0 Å². The van der Waals surface area contributed by atoms with Crippen LogP contribution in [-0.4, -0.2) is 19.2 Å². The Bertz CT molecular complexity index is 509. The highest BCUT2D eigenvalue weighted by molar-refractivity contribution is 5.89. The van der Waals surface area contributed by atoms with E-state index in [9.17, 15) is 0 Å². The topological polar surface area (TPSA) is 31.4 Å². The van der Waals surface area contributed by atoms with Crippen molar-refractivity contribution in [2.45, 2.75) is 13.5 Å². The Kier molecular flexibility index (Phi) is 3.06. The molecule has 3 nitrogen and oxygen atoms in total. The molecule has 0 unspecified atom stereocenters. The normalized spacial score (nSPS) is 10.7. The Morgan fingerprint density at radius 3 is 2.69 bits per heavy atom. The predicted octanol–water partition coefficient (Wildman–Crippen LogP) is 2.70. The van der Waals surface area contributed by atoms with Crippen LogP contribution in [0.25, 0.3) is 10.8 Å². The van der Waals surface area contributed by atoms with Crippen LogP contribution in [0.2, 0.25) is 0 Å². The van der Waals surface area contributed by atoms with Crippen LogP contribution in [0.5, 0.6) is 5.88 Å². The van der Waals surface area contributed by atoms with Gasteiger partial charge in [-0.25, -0.2) is 4.98 Å². The third-order valence-electron chi connectivity index (χ3n) is 2.62. The van der Waals surface area contributed by atoms with Gasteiger partial charge in [-0.3, -0.25) is 0 Å². The zero-order valence-corrected chi connectivity index (χ0v) is 9.78. The van der Waals surface area contributed by atoms with Gasteiger partial charge in [0.15, 0.2) is 0 Å². The SMILES string of the molecule is COCc1ccc2c(OC)ncc(C)c2c1. The largest absolute Gasteiger partial charge is 0.481 e. The van der Waals surface area contributed by atoms with E-state index in [1.807, 2.05) is 25.3 Å². The summed E-state index contributed by atoms with van der Waals surface area (Å²) in [7, 11) is 3.34. The van der Waals surface area contributed by atoms with Crippen LogP contribution in [0.3, 0.4) is 0 Å². The first-order valence-electron chi connectivity index (χ1n) is 5.17. The lowest BCUT2D eigenvalue weighted by Crippen LogP contribution is -1.93. The summed E-state index contributed by atoms with van der Waals surface area (Å²) in [6, 6.07) is 6.19. The van der Waals surface area contributed by atoms with Crippen LogP contribution < -0.4 is 4.74 Å². The minimum Gasteiger partial charge on any atom is -0.481 e. The highest BCUT2D eigenvalue weighted by Crippen LogP contribution is 2.26. The van der Waals surface area contributed by atoms with Crippen LogP contribution in [0.4, 0.5) is 0 Å². The van der Waals surface area contributed by atoms with Crippen LogP contribution in [0.1, 0.15) is 11.1 Å². The van der Waals surface area contributed by atoms with E-state index < -0.39 is 0 Å². The number of pyridine rings is 1. The molecule has 0 atom stereocenters. The van der Waals surface area contributed by atoms with Gasteiger partial charge in [-0.1, -0.05) is 6.07 Å². The molecular weight excluding hydrogens is 202 g/mol. The summed E-state index contributed by atoms with van der Waals surface area (Å²) < 4.78 is 10.4. The van der Waals surface area contributed by atoms with Crippen molar-refractivity contribution in [2.75, 3.05) is 14.2 Å². The van der Waals surface area contributed by atoms with E-state index in [1.54, 1.807) is 14.2 Å². The number of ether oxygens (including phenoxy) is 2. The Balaban J connectivity index is 2.63. The molecule has 0 aliphatic heterocycles. The summed E-state index contributed by atoms with van der Waals surface area (Å²) in [5.41, 5.74) is 2.31. The molecule has 0 radical (unpaired) electrons. The van der Waals surface area contributed by atoms with Gasteiger partial charge in [0.05, 0.1) is 13.7 Å². The van der Waals surface area contributed by atoms with Crippen LogP contribution in [0, 0.1) is 6.92 Å². The Hall–Kier alpha value is -1.61. The van der Waals surface area contributed by atoms with Crippen molar-refractivity contribution in [2.24, 2.45) is 0 Å². The number of fused-ring (bicyclic) bond motifs is 1. The summed E-state index contributed by atoms with van der Waals surface area (Å²) >= 11 is 0. The first kappa shape index (κ1) is 10.9. The lowest BCUT2D eigenvalue weighted by atomic mass is 10.1. The van der Waals surface area contributed by atoms with Gasteiger partial charge in [-0.15, -0.1) is 0 Å². The maximum absolute atomic E-state index is 5.24. The van der Waals surface area contributed by atoms with E-state index in [2.05, 4.69) is 11.1 Å². The van der Waals surface area contributed by atoms with Gasteiger partial charge in [0.2, 0.25) is 5.88 Å². The summed E-state index contributed by atoms with van der Waals surface area (Å²) in [5, 5.41) is 2.21. The molecule has 0 bridgehead atoms. The van der Waals surface area contributed by atoms with Crippen molar-refractivity contribution < 1.29 is 9.47 Å². The Morgan fingerprint density at radius 2 is 2.00 bits per heavy atom. The average Bonchev–Trinajstić information content (AvgIpc) is 2.31. The molecule has 0 aliphatic carbocycles. The molecule has 16 heavy (non-hydrogen) atoms. The summed E-state index contributed by atoms with van der Waals surface area (Å²) in [5.74, 6) is 0.671. The standard InChI is InChI=1S/C13H15NO2/c1-9-7-14-13(16-3)11-5-4-10(8-15-2)6-12(9)11/h4-7H,8H2,1-3H3. The molecular formula is C13H15NO2. The molecule has 1 aromatic heterocycles. The molecule has 0 spiro atoms. The van der Waals surface area contributed by atoms with E-state index in [1.165, 1.54) is 5.39 Å². The number of benzene rings is 1. The zero-order chi connectivity index (χ0) is 11.5. The maximum atomic E-state index is 5.24. The minimum atomic E-state index is 0.625. The lowest BCUT2D eigenvalue weighted by molar-refractivity contribution is 0.185. The van der Waals surface area contributed by atoms with E-state index in [0.717, 1.165) is 16.5 Å². The number of nitrogens with zero attached hydrogens (tertiary/aromatic N) is 1. The fraction of sp³-hybridized carbons (Fsp3) is 0.308. The molecule has 0 fully saturated rings. The first-order chi connectivity index (χ1) is 7.76. The number of methoxy groups -OCH3 is 2. The maximum Gasteiger partial charge on any atom is 0.221 e. The molecule has 84 valence electrons. The monoisotopic (exact) mass is 217 g/mol. The third kappa shape index (κ3) is 1.86. The van der Waals surface area contributed by atoms with Gasteiger partial charge in [0.1, 0.15) is 0 Å². The number of rotatable bonds is 3. The zero-order valence-electron chi connectivity index (χ0n) is 9.78. The Morgan fingerprint density at radius 1 is 1.19 bits per heavy atom. The van der Waals surface area contributed by atoms with Crippen molar-refractivity contribution in [1.82, 2.24) is 4.98 Å². The summed E-state index contributed by atoms with van der Waals surface area (Å²) in [4.78, 5) is 4.25. The molecule has 2 aromatic rings. The van der Waals surface area contributed by atoms with E-state index in [-0.39, 0.29) is 0 Å². The molecule has 0 N–H and O–H groups in total. The second-order valence-corrected chi connectivity index (χ2v) is 3.76. The van der Waals surface area contributed by atoms with Crippen molar-refractivity contribution in [1.29, 1.82) is 0 Å². The first-order valence-corrected chi connectivity index (χ1v) is 5.17. The lowest BCUT2D eigenvalue weighted by Gasteiger charge is -2.08. The average molecular weight is 217 g/mol. The fourth-order valence-corrected chi connectivity index (χ4v) is 1.82. The van der Waals surface area contributed by atoms with Gasteiger partial charge in [0.25, 0.3) is 0 Å². The van der Waals surface area contributed by atoms with Crippen LogP contribution in [0.15, 0.2) is 24.4 Å². The van der Waals surface area contributed by atoms with Crippen LogP contribution >= 0.6 is 0 Å². The quantitative estimate of drug-likeness (QED) is 0.792. The number of aryl methyl sites for hydroxylation is 1. The fourth-order valence-electron chi connectivity index (χ4n) is 1.82. The van der Waals surface area contributed by atoms with Crippen molar-refractivity contribution in [3.8, 4) is 5.88 Å². The predicted molar refractivity (Wildman–Crippen MR) is 63.7 cm³/mol. The molecule has 0 aliphatic rings. The molecule has 0 saturated carbocycles. The molecule has 0 amide bonds. The second kappa shape index (κ2) is 4.49. The van der Waals surface area contributed by atoms with Gasteiger partial charge in [-0.05, 0) is 35.6 Å². The molecule has 1 heterocycles. The molecule has 0 saturated heterocycles. The number of aromatic nitrogens is 1. The minimum absolute atomic E-state index is 0.625. The van der Waals surface area contributed by atoms with E-state index in [0.29, 0.717) is 12.5 Å².